The lowest BCUT2D eigenvalue weighted by molar-refractivity contribution is 0.172. The molecule has 1 saturated heterocycles. The molecule has 5 nitrogen and oxygen atoms in total. The molecule has 0 radical (unpaired) electrons. The van der Waals surface area contributed by atoms with E-state index in [0.717, 1.165) is 31.1 Å². The first-order valence-electron chi connectivity index (χ1n) is 9.83. The third kappa shape index (κ3) is 5.24. The van der Waals surface area contributed by atoms with Gasteiger partial charge in [0, 0.05) is 12.1 Å². The molecule has 2 amide bonds. The maximum atomic E-state index is 12.2. The minimum Gasteiger partial charge on any atom is -0.335 e. The summed E-state index contributed by atoms with van der Waals surface area (Å²) < 4.78 is 0. The van der Waals surface area contributed by atoms with Crippen LogP contribution in [-0.2, 0) is 0 Å². The van der Waals surface area contributed by atoms with Crippen LogP contribution in [0.5, 0.6) is 0 Å². The topological polar surface area (TPSA) is 65.2 Å². The molecule has 2 aliphatic carbocycles. The van der Waals surface area contributed by atoms with Gasteiger partial charge in [-0.15, -0.1) is 11.6 Å². The number of alkyl halides is 1. The zero-order chi connectivity index (χ0) is 16.9. The van der Waals surface area contributed by atoms with Gasteiger partial charge in [-0.2, -0.15) is 0 Å². The largest absolute Gasteiger partial charge is 0.335 e. The van der Waals surface area contributed by atoms with E-state index < -0.39 is 0 Å². The fraction of sp³-hybridized carbons (Fsp3) is 0.944. The number of hydrogen-bond acceptors (Lipinski definition) is 3. The summed E-state index contributed by atoms with van der Waals surface area (Å²) in [4.78, 5) is 12.2. The fourth-order valence-electron chi connectivity index (χ4n) is 4.74. The summed E-state index contributed by atoms with van der Waals surface area (Å²) >= 11 is 6.15. The normalized spacial score (nSPS) is 38.5. The van der Waals surface area contributed by atoms with Crippen molar-refractivity contribution in [1.82, 2.24) is 21.3 Å². The Hall–Kier alpha value is -0.520. The third-order valence-electron chi connectivity index (χ3n) is 6.06. The Morgan fingerprint density at radius 3 is 2.25 bits per heavy atom. The minimum atomic E-state index is -0.255. The highest BCUT2D eigenvalue weighted by Crippen LogP contribution is 2.38. The van der Waals surface area contributed by atoms with Crippen molar-refractivity contribution in [1.29, 1.82) is 0 Å². The highest BCUT2D eigenvalue weighted by molar-refractivity contribution is 6.20. The Morgan fingerprint density at radius 1 is 0.917 bits per heavy atom. The van der Waals surface area contributed by atoms with Gasteiger partial charge >= 0.3 is 6.03 Å². The van der Waals surface area contributed by atoms with Crippen molar-refractivity contribution in [2.24, 2.45) is 11.8 Å². The second-order valence-electron chi connectivity index (χ2n) is 8.00. The maximum absolute atomic E-state index is 12.2. The van der Waals surface area contributed by atoms with Crippen molar-refractivity contribution in [3.8, 4) is 0 Å². The second-order valence-corrected chi connectivity index (χ2v) is 8.53. The summed E-state index contributed by atoms with van der Waals surface area (Å²) in [6.45, 7) is 2.08. The Balaban J connectivity index is 1.37. The number of hydrogen-bond donors (Lipinski definition) is 4. The molecular formula is C18H33ClN4O. The zero-order valence-electron chi connectivity index (χ0n) is 14.8. The van der Waals surface area contributed by atoms with Gasteiger partial charge in [0.2, 0.25) is 0 Å². The van der Waals surface area contributed by atoms with Crippen molar-refractivity contribution < 1.29 is 4.79 Å². The van der Waals surface area contributed by atoms with Crippen LogP contribution < -0.4 is 21.3 Å². The van der Waals surface area contributed by atoms with E-state index >= 15 is 0 Å². The highest BCUT2D eigenvalue weighted by atomic mass is 35.5. The quantitative estimate of drug-likeness (QED) is 0.463. The average molecular weight is 357 g/mol. The number of rotatable bonds is 3. The molecule has 24 heavy (non-hydrogen) atoms. The van der Waals surface area contributed by atoms with Crippen LogP contribution in [0.25, 0.3) is 0 Å². The summed E-state index contributed by atoms with van der Waals surface area (Å²) in [6, 6.07) is 0.515. The van der Waals surface area contributed by atoms with Crippen LogP contribution in [0.15, 0.2) is 0 Å². The highest BCUT2D eigenvalue weighted by Gasteiger charge is 2.30. The molecule has 0 aromatic heterocycles. The van der Waals surface area contributed by atoms with E-state index in [9.17, 15) is 4.79 Å². The molecule has 3 unspecified atom stereocenters. The van der Waals surface area contributed by atoms with E-state index in [2.05, 4.69) is 28.2 Å². The molecule has 3 atom stereocenters. The first kappa shape index (κ1) is 18.3. The molecule has 3 aliphatic rings. The van der Waals surface area contributed by atoms with Crippen LogP contribution in [0, 0.1) is 11.8 Å². The van der Waals surface area contributed by atoms with E-state index in [1.807, 2.05) is 0 Å². The first-order valence-corrected chi connectivity index (χ1v) is 10.3. The minimum absolute atomic E-state index is 0.0981. The molecule has 6 heteroatoms. The SMILES string of the molecule is CC1CC(Cl)NC(NC(=O)NC2CCC(C3CCCCC3)CC2)N1. The lowest BCUT2D eigenvalue weighted by Crippen LogP contribution is -2.65. The molecule has 0 aromatic rings. The number of amides is 2. The van der Waals surface area contributed by atoms with Gasteiger partial charge in [0.05, 0.1) is 5.50 Å². The third-order valence-corrected chi connectivity index (χ3v) is 6.36. The fourth-order valence-corrected chi connectivity index (χ4v) is 5.14. The molecule has 0 bridgehead atoms. The van der Waals surface area contributed by atoms with Gasteiger partial charge < -0.3 is 10.6 Å². The maximum Gasteiger partial charge on any atom is 0.317 e. The van der Waals surface area contributed by atoms with Crippen molar-refractivity contribution in [3.05, 3.63) is 0 Å². The van der Waals surface area contributed by atoms with Crippen LogP contribution in [-0.4, -0.2) is 29.9 Å². The van der Waals surface area contributed by atoms with Gasteiger partial charge in [-0.05, 0) is 50.9 Å². The molecule has 3 fully saturated rings. The monoisotopic (exact) mass is 356 g/mol. The van der Waals surface area contributed by atoms with Crippen LogP contribution in [0.2, 0.25) is 0 Å². The molecular weight excluding hydrogens is 324 g/mol. The van der Waals surface area contributed by atoms with Crippen LogP contribution in [0.3, 0.4) is 0 Å². The summed E-state index contributed by atoms with van der Waals surface area (Å²) in [5, 5.41) is 12.5. The molecule has 1 heterocycles. The van der Waals surface area contributed by atoms with E-state index in [-0.39, 0.29) is 17.8 Å². The van der Waals surface area contributed by atoms with Crippen LogP contribution >= 0.6 is 11.6 Å². The first-order chi connectivity index (χ1) is 11.6. The van der Waals surface area contributed by atoms with Gasteiger partial charge in [0.1, 0.15) is 6.29 Å². The van der Waals surface area contributed by atoms with E-state index in [1.54, 1.807) is 0 Å². The Bertz CT molecular complexity index is 398. The Morgan fingerprint density at radius 2 is 1.58 bits per heavy atom. The van der Waals surface area contributed by atoms with E-state index in [4.69, 9.17) is 11.6 Å². The van der Waals surface area contributed by atoms with Gasteiger partial charge in [-0.3, -0.25) is 10.6 Å². The van der Waals surface area contributed by atoms with Crippen molar-refractivity contribution in [3.63, 3.8) is 0 Å². The summed E-state index contributed by atoms with van der Waals surface area (Å²) in [7, 11) is 0. The lowest BCUT2D eigenvalue weighted by atomic mass is 9.72. The Kier molecular flexibility index (Phi) is 6.64. The van der Waals surface area contributed by atoms with Gasteiger partial charge in [-0.1, -0.05) is 32.1 Å². The smallest absolute Gasteiger partial charge is 0.317 e. The van der Waals surface area contributed by atoms with Gasteiger partial charge in [0.25, 0.3) is 0 Å². The summed E-state index contributed by atoms with van der Waals surface area (Å²) in [5.74, 6) is 1.84. The van der Waals surface area contributed by atoms with Crippen molar-refractivity contribution in [2.45, 2.75) is 95.0 Å². The van der Waals surface area contributed by atoms with Crippen molar-refractivity contribution >= 4 is 17.6 Å². The number of carbonyl (C=O) groups excluding carboxylic acids is 1. The average Bonchev–Trinajstić information content (AvgIpc) is 2.55. The standard InChI is InChI=1S/C18H33ClN4O/c1-12-11-16(19)22-17(20-12)23-18(24)21-15-9-7-14(8-10-15)13-5-3-2-4-6-13/h12-17,20,22H,2-11H2,1H3,(H2,21,23,24). The predicted octanol–water partition coefficient (Wildman–Crippen LogP) is 3.24. The summed E-state index contributed by atoms with van der Waals surface area (Å²) in [6.07, 6.45) is 12.5. The summed E-state index contributed by atoms with van der Waals surface area (Å²) in [5.41, 5.74) is -0.0996. The van der Waals surface area contributed by atoms with E-state index in [1.165, 1.54) is 44.9 Å². The number of nitrogens with one attached hydrogen (secondary N) is 4. The van der Waals surface area contributed by atoms with E-state index in [0.29, 0.717) is 12.1 Å². The van der Waals surface area contributed by atoms with Gasteiger partial charge in [0.15, 0.2) is 0 Å². The molecule has 0 spiro atoms. The molecule has 3 rings (SSSR count). The molecule has 2 saturated carbocycles. The van der Waals surface area contributed by atoms with Gasteiger partial charge in [-0.25, -0.2) is 4.79 Å². The molecule has 138 valence electrons. The van der Waals surface area contributed by atoms with Crippen molar-refractivity contribution in [2.75, 3.05) is 0 Å². The molecule has 1 aliphatic heterocycles. The molecule has 4 N–H and O–H groups in total. The number of urea groups is 1. The second kappa shape index (κ2) is 8.72. The Labute approximate surface area is 151 Å². The predicted molar refractivity (Wildman–Crippen MR) is 97.8 cm³/mol. The molecule has 0 aromatic carbocycles. The van der Waals surface area contributed by atoms with Crippen LogP contribution in [0.1, 0.15) is 71.1 Å². The zero-order valence-corrected chi connectivity index (χ0v) is 15.6. The lowest BCUT2D eigenvalue weighted by Gasteiger charge is -2.37. The number of halogens is 1. The van der Waals surface area contributed by atoms with Crippen LogP contribution in [0.4, 0.5) is 4.79 Å². The number of carbonyl (C=O) groups is 1.